The second kappa shape index (κ2) is 13.8. The Morgan fingerprint density at radius 2 is 1.60 bits per heavy atom. The van der Waals surface area contributed by atoms with Gasteiger partial charge in [0.15, 0.2) is 11.5 Å². The lowest BCUT2D eigenvalue weighted by molar-refractivity contribution is -0.139. The van der Waals surface area contributed by atoms with Crippen LogP contribution in [0.4, 0.5) is 10.1 Å². The third-order valence-corrected chi connectivity index (χ3v) is 8.04. The maximum atomic E-state index is 13.9. The Morgan fingerprint density at radius 3 is 2.20 bits per heavy atom. The summed E-state index contributed by atoms with van der Waals surface area (Å²) in [5, 5.41) is 2.78. The summed E-state index contributed by atoms with van der Waals surface area (Å²) in [5.41, 5.74) is 0.744. The normalized spacial score (nSPS) is 11.8. The highest BCUT2D eigenvalue weighted by Gasteiger charge is 2.33. The van der Waals surface area contributed by atoms with E-state index >= 15 is 0 Å². The molecule has 0 aliphatic heterocycles. The Kier molecular flexibility index (Phi) is 10.5. The van der Waals surface area contributed by atoms with Crippen LogP contribution in [0.5, 0.6) is 11.5 Å². The van der Waals surface area contributed by atoms with E-state index in [4.69, 9.17) is 9.47 Å². The Morgan fingerprint density at radius 1 is 0.950 bits per heavy atom. The number of sulfonamides is 1. The van der Waals surface area contributed by atoms with Crippen LogP contribution in [0.2, 0.25) is 0 Å². The predicted octanol–water partition coefficient (Wildman–Crippen LogP) is 3.98. The van der Waals surface area contributed by atoms with Crippen LogP contribution in [0, 0.1) is 5.82 Å². The lowest BCUT2D eigenvalue weighted by atomic mass is 10.1. The van der Waals surface area contributed by atoms with Crippen LogP contribution in [0.25, 0.3) is 0 Å². The zero-order valence-electron chi connectivity index (χ0n) is 23.0. The molecule has 0 unspecified atom stereocenters. The van der Waals surface area contributed by atoms with Crippen molar-refractivity contribution >= 4 is 27.5 Å². The molecule has 9 nitrogen and oxygen atoms in total. The number of carbonyl (C=O) groups is 2. The van der Waals surface area contributed by atoms with Crippen molar-refractivity contribution in [2.24, 2.45) is 0 Å². The van der Waals surface area contributed by atoms with Gasteiger partial charge in [0.1, 0.15) is 18.4 Å². The minimum Gasteiger partial charge on any atom is -0.493 e. The minimum absolute atomic E-state index is 0.0172. The summed E-state index contributed by atoms with van der Waals surface area (Å²) < 4.78 is 52.9. The summed E-state index contributed by atoms with van der Waals surface area (Å²) in [6.07, 6.45) is 0.701. The topological polar surface area (TPSA) is 105 Å². The van der Waals surface area contributed by atoms with Crippen molar-refractivity contribution in [3.05, 3.63) is 84.2 Å². The number of ether oxygens (including phenoxy) is 2. The van der Waals surface area contributed by atoms with Crippen LogP contribution in [-0.4, -0.2) is 58.5 Å². The summed E-state index contributed by atoms with van der Waals surface area (Å²) >= 11 is 0. The Balaban J connectivity index is 2.06. The lowest BCUT2D eigenvalue weighted by Gasteiger charge is -2.32. The van der Waals surface area contributed by atoms with E-state index in [0.29, 0.717) is 24.3 Å². The molecule has 1 N–H and O–H groups in total. The van der Waals surface area contributed by atoms with E-state index in [1.165, 1.54) is 67.7 Å². The molecular weight excluding hydrogens is 537 g/mol. The first-order chi connectivity index (χ1) is 19.1. The van der Waals surface area contributed by atoms with Crippen molar-refractivity contribution in [3.63, 3.8) is 0 Å². The number of amides is 2. The molecule has 0 spiro atoms. The molecule has 40 heavy (non-hydrogen) atoms. The average molecular weight is 572 g/mol. The lowest BCUT2D eigenvalue weighted by Crippen LogP contribution is -2.51. The number of hydrogen-bond donors (Lipinski definition) is 1. The summed E-state index contributed by atoms with van der Waals surface area (Å²) in [6.45, 7) is 3.24. The van der Waals surface area contributed by atoms with Crippen molar-refractivity contribution < 1.29 is 31.9 Å². The van der Waals surface area contributed by atoms with E-state index < -0.39 is 34.3 Å². The molecule has 3 aromatic rings. The van der Waals surface area contributed by atoms with Gasteiger partial charge in [0, 0.05) is 19.2 Å². The van der Waals surface area contributed by atoms with Crippen LogP contribution in [0.3, 0.4) is 0 Å². The van der Waals surface area contributed by atoms with E-state index in [0.717, 1.165) is 4.31 Å². The first-order valence-electron chi connectivity index (χ1n) is 12.7. The highest BCUT2D eigenvalue weighted by Crippen LogP contribution is 2.34. The van der Waals surface area contributed by atoms with Crippen molar-refractivity contribution in [2.75, 3.05) is 31.6 Å². The molecule has 0 saturated carbocycles. The van der Waals surface area contributed by atoms with Crippen molar-refractivity contribution in [3.8, 4) is 11.5 Å². The predicted molar refractivity (Wildman–Crippen MR) is 150 cm³/mol. The number of anilines is 1. The number of hydrogen-bond acceptors (Lipinski definition) is 6. The van der Waals surface area contributed by atoms with Crippen LogP contribution in [0.1, 0.15) is 25.8 Å². The number of rotatable bonds is 13. The number of halogens is 1. The molecule has 2 amide bonds. The van der Waals surface area contributed by atoms with Gasteiger partial charge in [0.05, 0.1) is 24.8 Å². The highest BCUT2D eigenvalue weighted by atomic mass is 32.2. The Hall–Kier alpha value is -4.12. The minimum atomic E-state index is -4.23. The van der Waals surface area contributed by atoms with Gasteiger partial charge in [-0.25, -0.2) is 12.8 Å². The molecule has 1 atom stereocenters. The number of nitrogens with zero attached hydrogens (tertiary/aromatic N) is 2. The number of carbonyl (C=O) groups excluding carboxylic acids is 2. The van der Waals surface area contributed by atoms with Crippen LogP contribution in [-0.2, 0) is 26.2 Å². The third kappa shape index (κ3) is 7.29. The Bertz CT molecular complexity index is 1400. The largest absolute Gasteiger partial charge is 0.493 e. The standard InChI is InChI=1S/C29H34FN3O6S/c1-5-17-31-29(35)21(2)32(19-22-11-13-23(30)14-12-22)28(34)20-33(40(36,37)25-9-7-6-8-10-25)24-15-16-26(38-3)27(18-24)39-4/h6-16,18,21H,5,17,19-20H2,1-4H3,(H,31,35)/t21-/m0/s1. The highest BCUT2D eigenvalue weighted by molar-refractivity contribution is 7.92. The molecule has 0 bridgehead atoms. The Labute approximate surface area is 234 Å². The quantitative estimate of drug-likeness (QED) is 0.333. The molecule has 3 aromatic carbocycles. The van der Waals surface area contributed by atoms with Gasteiger partial charge in [-0.05, 0) is 55.3 Å². The van der Waals surface area contributed by atoms with Gasteiger partial charge in [0.25, 0.3) is 10.0 Å². The van der Waals surface area contributed by atoms with Crippen molar-refractivity contribution in [1.29, 1.82) is 0 Å². The first kappa shape index (κ1) is 30.4. The smallest absolute Gasteiger partial charge is 0.264 e. The van der Waals surface area contributed by atoms with Crippen molar-refractivity contribution in [1.82, 2.24) is 10.2 Å². The summed E-state index contributed by atoms with van der Waals surface area (Å²) in [7, 11) is -1.35. The van der Waals surface area contributed by atoms with Gasteiger partial charge in [-0.15, -0.1) is 0 Å². The first-order valence-corrected chi connectivity index (χ1v) is 14.2. The van der Waals surface area contributed by atoms with Crippen LogP contribution >= 0.6 is 0 Å². The van der Waals surface area contributed by atoms with E-state index in [2.05, 4.69) is 5.32 Å². The molecule has 214 valence electrons. The van der Waals surface area contributed by atoms with Gasteiger partial charge in [-0.3, -0.25) is 13.9 Å². The number of nitrogens with one attached hydrogen (secondary N) is 1. The van der Waals surface area contributed by atoms with Gasteiger partial charge in [0.2, 0.25) is 11.8 Å². The zero-order chi connectivity index (χ0) is 29.3. The maximum absolute atomic E-state index is 13.9. The second-order valence-electron chi connectivity index (χ2n) is 8.98. The summed E-state index contributed by atoms with van der Waals surface area (Å²) in [4.78, 5) is 28.0. The fraction of sp³-hybridized carbons (Fsp3) is 0.310. The molecule has 0 heterocycles. The van der Waals surface area contributed by atoms with Crippen LogP contribution in [0.15, 0.2) is 77.7 Å². The molecule has 0 saturated heterocycles. The zero-order valence-corrected chi connectivity index (χ0v) is 23.8. The second-order valence-corrected chi connectivity index (χ2v) is 10.8. The fourth-order valence-electron chi connectivity index (χ4n) is 3.99. The summed E-state index contributed by atoms with van der Waals surface area (Å²) in [5.74, 6) is -0.799. The van der Waals surface area contributed by atoms with Gasteiger partial charge >= 0.3 is 0 Å². The van der Waals surface area contributed by atoms with E-state index in [1.807, 2.05) is 6.92 Å². The van der Waals surface area contributed by atoms with E-state index in [-0.39, 0.29) is 28.8 Å². The molecule has 0 aliphatic rings. The van der Waals surface area contributed by atoms with Crippen molar-refractivity contribution in [2.45, 2.75) is 37.8 Å². The molecular formula is C29H34FN3O6S. The molecule has 0 aliphatic carbocycles. The fourth-order valence-corrected chi connectivity index (χ4v) is 5.42. The van der Waals surface area contributed by atoms with E-state index in [1.54, 1.807) is 31.2 Å². The molecule has 0 aromatic heterocycles. The summed E-state index contributed by atoms with van der Waals surface area (Å²) in [6, 6.07) is 16.9. The maximum Gasteiger partial charge on any atom is 0.264 e. The number of benzene rings is 3. The monoisotopic (exact) mass is 571 g/mol. The molecule has 3 rings (SSSR count). The third-order valence-electron chi connectivity index (χ3n) is 6.25. The van der Waals surface area contributed by atoms with Gasteiger partial charge < -0.3 is 19.7 Å². The van der Waals surface area contributed by atoms with Gasteiger partial charge in [-0.2, -0.15) is 0 Å². The number of methoxy groups -OCH3 is 2. The SMILES string of the molecule is CCCNC(=O)[C@H](C)N(Cc1ccc(F)cc1)C(=O)CN(c1ccc(OC)c(OC)c1)S(=O)(=O)c1ccccc1. The molecule has 11 heteroatoms. The average Bonchev–Trinajstić information content (AvgIpc) is 2.97. The van der Waals surface area contributed by atoms with E-state index in [9.17, 15) is 22.4 Å². The molecule has 0 fully saturated rings. The molecule has 0 radical (unpaired) electrons. The van der Waals surface area contributed by atoms with Gasteiger partial charge in [-0.1, -0.05) is 37.3 Å². The van der Waals surface area contributed by atoms with Crippen LogP contribution < -0.4 is 19.1 Å².